The standard InChI is InChI=1S/C18H23N7O2/c1-23-12-19-22-17(23)24-8-10-25(11-9-24)18(27)21-15-4-2-13(3-5-15)16(26)20-14-6-7-14/h2-5,12,14H,6-11H2,1H3,(H,20,26)(H,21,27). The highest BCUT2D eigenvalue weighted by molar-refractivity contribution is 5.95. The number of nitrogens with one attached hydrogen (secondary N) is 2. The Hall–Kier alpha value is -3.10. The number of hydrogen-bond donors (Lipinski definition) is 2. The number of anilines is 2. The summed E-state index contributed by atoms with van der Waals surface area (Å²) in [6, 6.07) is 7.18. The predicted molar refractivity (Wildman–Crippen MR) is 101 cm³/mol. The van der Waals surface area contributed by atoms with Crippen molar-refractivity contribution in [2.45, 2.75) is 18.9 Å². The number of hydrogen-bond acceptors (Lipinski definition) is 5. The van der Waals surface area contributed by atoms with E-state index in [9.17, 15) is 9.59 Å². The Morgan fingerprint density at radius 2 is 1.78 bits per heavy atom. The van der Waals surface area contributed by atoms with Gasteiger partial charge >= 0.3 is 6.03 Å². The van der Waals surface area contributed by atoms with E-state index >= 15 is 0 Å². The Morgan fingerprint density at radius 1 is 1.07 bits per heavy atom. The van der Waals surface area contributed by atoms with Crippen molar-refractivity contribution in [3.05, 3.63) is 36.2 Å². The van der Waals surface area contributed by atoms with Crippen molar-refractivity contribution in [1.82, 2.24) is 25.0 Å². The van der Waals surface area contributed by atoms with Crippen molar-refractivity contribution in [3.8, 4) is 0 Å². The van der Waals surface area contributed by atoms with Gasteiger partial charge in [0.2, 0.25) is 5.95 Å². The van der Waals surface area contributed by atoms with Crippen LogP contribution in [0.1, 0.15) is 23.2 Å². The molecule has 0 radical (unpaired) electrons. The molecular weight excluding hydrogens is 346 g/mol. The molecule has 0 unspecified atom stereocenters. The molecule has 2 heterocycles. The first-order valence-corrected chi connectivity index (χ1v) is 9.16. The molecule has 0 bridgehead atoms. The number of aromatic nitrogens is 3. The van der Waals surface area contributed by atoms with Gasteiger partial charge in [0, 0.05) is 50.5 Å². The lowest BCUT2D eigenvalue weighted by Gasteiger charge is -2.34. The molecular formula is C18H23N7O2. The van der Waals surface area contributed by atoms with Crippen LogP contribution in [0.2, 0.25) is 0 Å². The van der Waals surface area contributed by atoms with Crippen LogP contribution < -0.4 is 15.5 Å². The number of urea groups is 1. The zero-order valence-electron chi connectivity index (χ0n) is 15.3. The summed E-state index contributed by atoms with van der Waals surface area (Å²) in [5, 5.41) is 13.9. The summed E-state index contributed by atoms with van der Waals surface area (Å²) in [4.78, 5) is 28.4. The minimum Gasteiger partial charge on any atom is -0.349 e. The number of nitrogens with zero attached hydrogens (tertiary/aromatic N) is 5. The Bertz CT molecular complexity index is 820. The Morgan fingerprint density at radius 3 is 2.37 bits per heavy atom. The molecule has 142 valence electrons. The average Bonchev–Trinajstić information content (AvgIpc) is 3.40. The van der Waals surface area contributed by atoms with E-state index in [0.717, 1.165) is 18.8 Å². The molecule has 1 saturated carbocycles. The van der Waals surface area contributed by atoms with Gasteiger partial charge in [-0.3, -0.25) is 4.79 Å². The highest BCUT2D eigenvalue weighted by Crippen LogP contribution is 2.20. The van der Waals surface area contributed by atoms with Gasteiger partial charge < -0.3 is 25.0 Å². The molecule has 4 rings (SSSR count). The van der Waals surface area contributed by atoms with E-state index in [4.69, 9.17) is 0 Å². The Balaban J connectivity index is 1.29. The summed E-state index contributed by atoms with van der Waals surface area (Å²) < 4.78 is 1.87. The van der Waals surface area contributed by atoms with E-state index < -0.39 is 0 Å². The lowest BCUT2D eigenvalue weighted by Crippen LogP contribution is -2.50. The third kappa shape index (κ3) is 4.02. The monoisotopic (exact) mass is 369 g/mol. The number of amides is 3. The molecule has 1 aliphatic heterocycles. The number of carbonyl (C=O) groups is 2. The van der Waals surface area contributed by atoms with Gasteiger partial charge in [-0.1, -0.05) is 0 Å². The van der Waals surface area contributed by atoms with Crippen LogP contribution in [0.15, 0.2) is 30.6 Å². The fraction of sp³-hybridized carbons (Fsp3) is 0.444. The van der Waals surface area contributed by atoms with E-state index in [-0.39, 0.29) is 11.9 Å². The van der Waals surface area contributed by atoms with Crippen LogP contribution in [0.4, 0.5) is 16.4 Å². The first-order valence-electron chi connectivity index (χ1n) is 9.16. The van der Waals surface area contributed by atoms with Gasteiger partial charge in [-0.05, 0) is 37.1 Å². The molecule has 1 aromatic carbocycles. The van der Waals surface area contributed by atoms with Crippen LogP contribution in [-0.2, 0) is 7.05 Å². The molecule has 9 nitrogen and oxygen atoms in total. The SMILES string of the molecule is Cn1cnnc1N1CCN(C(=O)Nc2ccc(C(=O)NC3CC3)cc2)CC1. The smallest absolute Gasteiger partial charge is 0.321 e. The fourth-order valence-electron chi connectivity index (χ4n) is 3.08. The van der Waals surface area contributed by atoms with Crippen molar-refractivity contribution in [1.29, 1.82) is 0 Å². The minimum absolute atomic E-state index is 0.0599. The molecule has 2 aliphatic rings. The van der Waals surface area contributed by atoms with Crippen molar-refractivity contribution < 1.29 is 9.59 Å². The zero-order valence-corrected chi connectivity index (χ0v) is 15.3. The molecule has 2 N–H and O–H groups in total. The second kappa shape index (κ2) is 7.26. The fourth-order valence-corrected chi connectivity index (χ4v) is 3.08. The summed E-state index contributed by atoms with van der Waals surface area (Å²) in [7, 11) is 1.91. The summed E-state index contributed by atoms with van der Waals surface area (Å²) in [6.07, 6.45) is 3.79. The van der Waals surface area contributed by atoms with Crippen LogP contribution >= 0.6 is 0 Å². The molecule has 0 atom stereocenters. The highest BCUT2D eigenvalue weighted by atomic mass is 16.2. The first-order chi connectivity index (χ1) is 13.1. The van der Waals surface area contributed by atoms with Crippen molar-refractivity contribution in [3.63, 3.8) is 0 Å². The Kier molecular flexibility index (Phi) is 4.66. The van der Waals surface area contributed by atoms with Gasteiger partial charge in [-0.2, -0.15) is 0 Å². The highest BCUT2D eigenvalue weighted by Gasteiger charge is 2.25. The number of benzene rings is 1. The second-order valence-electron chi connectivity index (χ2n) is 6.97. The summed E-state index contributed by atoms with van der Waals surface area (Å²) in [5.41, 5.74) is 1.29. The molecule has 3 amide bonds. The largest absolute Gasteiger partial charge is 0.349 e. The number of rotatable bonds is 4. The van der Waals surface area contributed by atoms with Crippen molar-refractivity contribution in [2.24, 2.45) is 7.05 Å². The predicted octanol–water partition coefficient (Wildman–Crippen LogP) is 1.06. The van der Waals surface area contributed by atoms with Gasteiger partial charge in [0.15, 0.2) is 0 Å². The number of piperazine rings is 1. The van der Waals surface area contributed by atoms with Gasteiger partial charge in [-0.25, -0.2) is 4.79 Å². The van der Waals surface area contributed by atoms with E-state index in [0.29, 0.717) is 43.5 Å². The normalized spacial score (nSPS) is 16.9. The van der Waals surface area contributed by atoms with Crippen LogP contribution in [-0.4, -0.2) is 63.8 Å². The van der Waals surface area contributed by atoms with Crippen LogP contribution in [0.25, 0.3) is 0 Å². The maximum absolute atomic E-state index is 12.5. The van der Waals surface area contributed by atoms with Gasteiger partial charge in [0.05, 0.1) is 0 Å². The lowest BCUT2D eigenvalue weighted by atomic mass is 10.2. The minimum atomic E-state index is -0.136. The van der Waals surface area contributed by atoms with Gasteiger partial charge in [0.25, 0.3) is 5.91 Å². The van der Waals surface area contributed by atoms with E-state index in [2.05, 4.69) is 25.7 Å². The third-order valence-electron chi connectivity index (χ3n) is 4.85. The number of aryl methyl sites for hydroxylation is 1. The van der Waals surface area contributed by atoms with Crippen LogP contribution in [0.3, 0.4) is 0 Å². The van der Waals surface area contributed by atoms with Gasteiger partial charge in [0.1, 0.15) is 6.33 Å². The molecule has 2 aromatic rings. The maximum Gasteiger partial charge on any atom is 0.321 e. The maximum atomic E-state index is 12.5. The van der Waals surface area contributed by atoms with E-state index in [1.165, 1.54) is 0 Å². The summed E-state index contributed by atoms with van der Waals surface area (Å²) in [5.74, 6) is 0.755. The summed E-state index contributed by atoms with van der Waals surface area (Å²) in [6.45, 7) is 2.64. The molecule has 0 spiro atoms. The van der Waals surface area contributed by atoms with Crippen molar-refractivity contribution >= 4 is 23.6 Å². The lowest BCUT2D eigenvalue weighted by molar-refractivity contribution is 0.0951. The molecule has 1 saturated heterocycles. The quantitative estimate of drug-likeness (QED) is 0.840. The molecule has 1 aromatic heterocycles. The van der Waals surface area contributed by atoms with E-state index in [1.807, 2.05) is 11.6 Å². The second-order valence-corrected chi connectivity index (χ2v) is 6.97. The number of carbonyl (C=O) groups excluding carboxylic acids is 2. The van der Waals surface area contributed by atoms with Crippen molar-refractivity contribution in [2.75, 3.05) is 36.4 Å². The van der Waals surface area contributed by atoms with Gasteiger partial charge in [-0.15, -0.1) is 10.2 Å². The molecule has 2 fully saturated rings. The Labute approximate surface area is 157 Å². The molecule has 27 heavy (non-hydrogen) atoms. The molecule has 9 heteroatoms. The molecule has 1 aliphatic carbocycles. The first kappa shape index (κ1) is 17.3. The van der Waals surface area contributed by atoms with E-state index in [1.54, 1.807) is 35.5 Å². The zero-order chi connectivity index (χ0) is 18.8. The van der Waals surface area contributed by atoms with Crippen LogP contribution in [0.5, 0.6) is 0 Å². The van der Waals surface area contributed by atoms with Crippen LogP contribution in [0, 0.1) is 0 Å². The average molecular weight is 369 g/mol. The summed E-state index contributed by atoms with van der Waals surface area (Å²) >= 11 is 0. The topological polar surface area (TPSA) is 95.4 Å². The third-order valence-corrected chi connectivity index (χ3v) is 4.85.